The van der Waals surface area contributed by atoms with E-state index >= 15 is 4.39 Å². The fourth-order valence-corrected chi connectivity index (χ4v) is 4.66. The zero-order chi connectivity index (χ0) is 21.6. The highest BCUT2D eigenvalue weighted by molar-refractivity contribution is 5.68. The first-order chi connectivity index (χ1) is 15.0. The molecule has 2 aliphatic heterocycles. The Balaban J connectivity index is 1.32. The van der Waals surface area contributed by atoms with Crippen LogP contribution in [0, 0.1) is 0 Å². The number of ether oxygens (including phenoxy) is 2. The van der Waals surface area contributed by atoms with Gasteiger partial charge in [-0.3, -0.25) is 0 Å². The van der Waals surface area contributed by atoms with Crippen molar-refractivity contribution in [2.75, 3.05) is 7.11 Å². The van der Waals surface area contributed by atoms with Crippen molar-refractivity contribution in [1.82, 2.24) is 25.1 Å². The number of fused-ring (bicyclic) bond motifs is 2. The maximum absolute atomic E-state index is 15.1. The smallest absolute Gasteiger partial charge is 0.233 e. The van der Waals surface area contributed by atoms with E-state index in [-0.39, 0.29) is 23.8 Å². The Hall–Kier alpha value is -3.04. The third-order valence-electron chi connectivity index (χ3n) is 6.29. The lowest BCUT2D eigenvalue weighted by atomic mass is 9.88. The fraction of sp³-hybridized carbons (Fsp3) is 0.409. The maximum Gasteiger partial charge on any atom is 0.233 e. The number of halogens is 1. The van der Waals surface area contributed by atoms with E-state index in [9.17, 15) is 5.11 Å². The van der Waals surface area contributed by atoms with Gasteiger partial charge in [-0.1, -0.05) is 0 Å². The van der Waals surface area contributed by atoms with Crippen molar-refractivity contribution in [2.24, 2.45) is 0 Å². The second-order valence-electron chi connectivity index (χ2n) is 8.37. The van der Waals surface area contributed by atoms with Gasteiger partial charge in [-0.05, 0) is 31.5 Å². The van der Waals surface area contributed by atoms with Gasteiger partial charge in [-0.15, -0.1) is 10.2 Å². The summed E-state index contributed by atoms with van der Waals surface area (Å²) in [5.74, 6) is 0.330. The molecule has 0 amide bonds. The SMILES string of the molecule is CO[C@@H]1C[C@]2(C)NC1C[C@@H](Oc1ccc(-c3ccc(-n4ccnc4)cc3O)nn1)[C@@H]2F. The minimum absolute atomic E-state index is 0.0291. The molecule has 2 fully saturated rings. The van der Waals surface area contributed by atoms with E-state index in [1.54, 1.807) is 54.7 Å². The van der Waals surface area contributed by atoms with Crippen LogP contribution in [0.25, 0.3) is 16.9 Å². The Kier molecular flexibility index (Phi) is 4.86. The number of piperidine rings is 1. The summed E-state index contributed by atoms with van der Waals surface area (Å²) in [6, 6.07) is 8.66. The summed E-state index contributed by atoms with van der Waals surface area (Å²) in [7, 11) is 1.65. The quantitative estimate of drug-likeness (QED) is 0.649. The van der Waals surface area contributed by atoms with Crippen LogP contribution in [0.15, 0.2) is 49.1 Å². The predicted octanol–water partition coefficient (Wildman–Crippen LogP) is 2.66. The van der Waals surface area contributed by atoms with Crippen molar-refractivity contribution in [3.63, 3.8) is 0 Å². The van der Waals surface area contributed by atoms with Crippen LogP contribution in [0.3, 0.4) is 0 Å². The number of phenols is 1. The highest BCUT2D eigenvalue weighted by Gasteiger charge is 2.55. The van der Waals surface area contributed by atoms with Crippen LogP contribution in [0.1, 0.15) is 19.8 Å². The molecule has 0 saturated carbocycles. The Morgan fingerprint density at radius 2 is 2.10 bits per heavy atom. The Labute approximate surface area is 179 Å². The molecular weight excluding hydrogens is 401 g/mol. The number of hydrogen-bond acceptors (Lipinski definition) is 7. The molecule has 9 heteroatoms. The molecule has 2 bridgehead atoms. The maximum atomic E-state index is 15.1. The number of aromatic nitrogens is 4. The number of phenolic OH excluding ortho intramolecular Hbond substituents is 1. The van der Waals surface area contributed by atoms with Gasteiger partial charge < -0.3 is 24.5 Å². The molecule has 5 rings (SSSR count). The minimum Gasteiger partial charge on any atom is -0.507 e. The molecule has 0 radical (unpaired) electrons. The lowest BCUT2D eigenvalue weighted by Crippen LogP contribution is -2.59. The number of nitrogens with zero attached hydrogens (tertiary/aromatic N) is 4. The average molecular weight is 425 g/mol. The van der Waals surface area contributed by atoms with Crippen molar-refractivity contribution in [1.29, 1.82) is 0 Å². The zero-order valence-electron chi connectivity index (χ0n) is 17.3. The molecule has 8 nitrogen and oxygen atoms in total. The van der Waals surface area contributed by atoms with Gasteiger partial charge in [0.05, 0.1) is 29.4 Å². The van der Waals surface area contributed by atoms with Crippen LogP contribution in [0.2, 0.25) is 0 Å². The second-order valence-corrected chi connectivity index (χ2v) is 8.37. The summed E-state index contributed by atoms with van der Waals surface area (Å²) in [4.78, 5) is 4.01. The monoisotopic (exact) mass is 425 g/mol. The normalized spacial score (nSPS) is 29.8. The van der Waals surface area contributed by atoms with E-state index in [2.05, 4.69) is 20.5 Å². The molecule has 0 spiro atoms. The molecule has 2 aliphatic rings. The number of rotatable bonds is 5. The van der Waals surface area contributed by atoms with Crippen molar-refractivity contribution in [3.8, 4) is 28.6 Å². The number of nitrogens with one attached hydrogen (secondary N) is 1. The third kappa shape index (κ3) is 3.53. The third-order valence-corrected chi connectivity index (χ3v) is 6.29. The van der Waals surface area contributed by atoms with Gasteiger partial charge in [0.2, 0.25) is 5.88 Å². The van der Waals surface area contributed by atoms with Crippen molar-refractivity contribution < 1.29 is 19.0 Å². The highest BCUT2D eigenvalue weighted by Crippen LogP contribution is 2.40. The second kappa shape index (κ2) is 7.58. The van der Waals surface area contributed by atoms with Crippen molar-refractivity contribution in [3.05, 3.63) is 49.1 Å². The van der Waals surface area contributed by atoms with Crippen molar-refractivity contribution >= 4 is 0 Å². The fourth-order valence-electron chi connectivity index (χ4n) is 4.66. The molecule has 5 atom stereocenters. The summed E-state index contributed by atoms with van der Waals surface area (Å²) in [6.45, 7) is 1.87. The van der Waals surface area contributed by atoms with E-state index in [1.165, 1.54) is 0 Å². The number of aromatic hydroxyl groups is 1. The molecule has 162 valence electrons. The standard InChI is InChI=1S/C22H24FN5O3/c1-22-11-19(30-2)16(25-22)10-18(21(22)23)31-20-6-5-15(26-27-20)14-4-3-13(9-17(14)29)28-8-7-24-12-28/h3-9,12,16,18-19,21,25,29H,10-11H2,1-2H3/t16?,18-,19-,21+,22+/m1/s1. The summed E-state index contributed by atoms with van der Waals surface area (Å²) in [5.41, 5.74) is 1.14. The Bertz CT molecular complexity index is 1060. The van der Waals surface area contributed by atoms with Gasteiger partial charge in [0.15, 0.2) is 6.17 Å². The predicted molar refractivity (Wildman–Crippen MR) is 111 cm³/mol. The number of alkyl halides is 1. The van der Waals surface area contributed by atoms with Gasteiger partial charge in [0, 0.05) is 49.7 Å². The zero-order valence-corrected chi connectivity index (χ0v) is 17.3. The van der Waals surface area contributed by atoms with E-state index in [0.29, 0.717) is 24.1 Å². The van der Waals surface area contributed by atoms with Crippen molar-refractivity contribution in [2.45, 2.75) is 49.7 Å². The topological polar surface area (TPSA) is 94.3 Å². The molecule has 2 aromatic heterocycles. The summed E-state index contributed by atoms with van der Waals surface area (Å²) in [6.07, 6.45) is 4.37. The molecule has 2 N–H and O–H groups in total. The minimum atomic E-state index is -1.19. The molecule has 31 heavy (non-hydrogen) atoms. The number of methoxy groups -OCH3 is 1. The first kappa shape index (κ1) is 19.9. The largest absolute Gasteiger partial charge is 0.507 e. The summed E-state index contributed by atoms with van der Waals surface area (Å²) < 4.78 is 28.3. The van der Waals surface area contributed by atoms with Gasteiger partial charge in [0.25, 0.3) is 0 Å². The van der Waals surface area contributed by atoms with Gasteiger partial charge in [-0.2, -0.15) is 0 Å². The van der Waals surface area contributed by atoms with E-state index in [0.717, 1.165) is 5.69 Å². The van der Waals surface area contributed by atoms with E-state index in [1.807, 2.05) is 13.0 Å². The van der Waals surface area contributed by atoms with Crippen LogP contribution in [0.4, 0.5) is 4.39 Å². The lowest BCUT2D eigenvalue weighted by Gasteiger charge is -2.39. The summed E-state index contributed by atoms with van der Waals surface area (Å²) in [5, 5.41) is 22.1. The number of benzene rings is 1. The van der Waals surface area contributed by atoms with E-state index < -0.39 is 17.8 Å². The van der Waals surface area contributed by atoms with Crippen LogP contribution in [0.5, 0.6) is 11.6 Å². The van der Waals surface area contributed by atoms with Gasteiger partial charge in [-0.25, -0.2) is 9.37 Å². The lowest BCUT2D eigenvalue weighted by molar-refractivity contribution is 0.00523. The van der Waals surface area contributed by atoms with E-state index in [4.69, 9.17) is 9.47 Å². The highest BCUT2D eigenvalue weighted by atomic mass is 19.1. The van der Waals surface area contributed by atoms with Gasteiger partial charge >= 0.3 is 0 Å². The molecule has 0 aliphatic carbocycles. The molecule has 2 saturated heterocycles. The van der Waals surface area contributed by atoms with Crippen LogP contribution in [-0.4, -0.2) is 61.9 Å². The summed E-state index contributed by atoms with van der Waals surface area (Å²) >= 11 is 0. The van der Waals surface area contributed by atoms with Gasteiger partial charge in [0.1, 0.15) is 11.9 Å². The average Bonchev–Trinajstić information content (AvgIpc) is 3.40. The molecule has 1 aromatic carbocycles. The van der Waals surface area contributed by atoms with Crippen LogP contribution in [-0.2, 0) is 4.74 Å². The molecule has 1 unspecified atom stereocenters. The number of hydrogen-bond donors (Lipinski definition) is 2. The Morgan fingerprint density at radius 1 is 1.23 bits per heavy atom. The first-order valence-corrected chi connectivity index (χ1v) is 10.2. The molecule has 4 heterocycles. The van der Waals surface area contributed by atoms with Crippen LogP contribution >= 0.6 is 0 Å². The number of imidazole rings is 1. The Morgan fingerprint density at radius 3 is 2.77 bits per heavy atom. The molecular formula is C22H24FN5O3. The van der Waals surface area contributed by atoms with Crippen LogP contribution < -0.4 is 10.1 Å². The first-order valence-electron chi connectivity index (χ1n) is 10.2. The molecule has 3 aromatic rings.